The third-order valence-electron chi connectivity index (χ3n) is 2.33. The number of carbonyl (C=O) groups excluding carboxylic acids is 1. The first-order chi connectivity index (χ1) is 7.95. The van der Waals surface area contributed by atoms with Crippen LogP contribution in [0.25, 0.3) is 0 Å². The summed E-state index contributed by atoms with van der Waals surface area (Å²) in [5.41, 5.74) is 0.106. The van der Waals surface area contributed by atoms with E-state index in [9.17, 15) is 9.18 Å². The number of amides is 1. The molecule has 1 atom stereocenters. The van der Waals surface area contributed by atoms with Gasteiger partial charge in [0.05, 0.1) is 18.0 Å². The second kappa shape index (κ2) is 5.91. The maximum absolute atomic E-state index is 13.4. The molecular weight excluding hydrogens is 241 g/mol. The average molecular weight is 257 g/mol. The number of halogens is 1. The van der Waals surface area contributed by atoms with Crippen LogP contribution in [0.3, 0.4) is 0 Å². The average Bonchev–Trinajstić information content (AvgIpc) is 2.30. The number of hydrogen-bond acceptors (Lipinski definition) is 3. The summed E-state index contributed by atoms with van der Waals surface area (Å²) in [7, 11) is 1.48. The number of rotatable bonds is 4. The Labute approximate surface area is 106 Å². The molecule has 3 nitrogen and oxygen atoms in total. The number of benzene rings is 1. The van der Waals surface area contributed by atoms with Crippen LogP contribution in [0.5, 0.6) is 5.75 Å². The van der Waals surface area contributed by atoms with Crippen molar-refractivity contribution in [3.63, 3.8) is 0 Å². The van der Waals surface area contributed by atoms with E-state index in [1.165, 1.54) is 25.3 Å². The molecule has 1 rings (SSSR count). The highest BCUT2D eigenvalue weighted by Gasteiger charge is 2.19. The fourth-order valence-corrected chi connectivity index (χ4v) is 1.30. The summed E-state index contributed by atoms with van der Waals surface area (Å²) in [6, 6.07) is 4.18. The summed E-state index contributed by atoms with van der Waals surface area (Å²) in [5, 5.41) is 2.02. The maximum Gasteiger partial charge on any atom is 0.237 e. The Morgan fingerprint density at radius 2 is 2.12 bits per heavy atom. The molecule has 0 bridgehead atoms. The number of ether oxygens (including phenoxy) is 1. The zero-order valence-corrected chi connectivity index (χ0v) is 10.9. The van der Waals surface area contributed by atoms with Crippen molar-refractivity contribution in [1.82, 2.24) is 0 Å². The first-order valence-electron chi connectivity index (χ1n) is 5.28. The summed E-state index contributed by atoms with van der Waals surface area (Å²) < 4.78 is 18.4. The van der Waals surface area contributed by atoms with E-state index in [4.69, 9.17) is 4.74 Å². The molecule has 0 fully saturated rings. The van der Waals surface area contributed by atoms with Crippen molar-refractivity contribution < 1.29 is 13.9 Å². The lowest BCUT2D eigenvalue weighted by Crippen LogP contribution is -2.27. The summed E-state index contributed by atoms with van der Waals surface area (Å²) in [6.45, 7) is 3.75. The first-order valence-corrected chi connectivity index (χ1v) is 5.79. The molecular formula is C12H16FNO2S. The molecule has 0 aliphatic carbocycles. The minimum Gasteiger partial charge on any atom is -0.497 e. The smallest absolute Gasteiger partial charge is 0.237 e. The molecule has 0 aromatic heterocycles. The van der Waals surface area contributed by atoms with Gasteiger partial charge in [-0.1, -0.05) is 13.8 Å². The van der Waals surface area contributed by atoms with E-state index >= 15 is 0 Å². The fourth-order valence-electron chi connectivity index (χ4n) is 1.24. The first kappa shape index (κ1) is 13.8. The summed E-state index contributed by atoms with van der Waals surface area (Å²) in [6.07, 6.45) is 0. The van der Waals surface area contributed by atoms with Crippen LogP contribution in [0, 0.1) is 11.7 Å². The van der Waals surface area contributed by atoms with Crippen LogP contribution < -0.4 is 10.1 Å². The molecule has 1 amide bonds. The molecule has 1 N–H and O–H groups in total. The predicted octanol–water partition coefficient (Wildman–Crippen LogP) is 2.73. The van der Waals surface area contributed by atoms with Crippen LogP contribution in [0.4, 0.5) is 10.1 Å². The third-order valence-corrected chi connectivity index (χ3v) is 3.16. The van der Waals surface area contributed by atoms with Gasteiger partial charge in [0.15, 0.2) is 0 Å². The van der Waals surface area contributed by atoms with E-state index in [2.05, 4.69) is 17.9 Å². The second-order valence-electron chi connectivity index (χ2n) is 4.02. The zero-order chi connectivity index (χ0) is 13.0. The summed E-state index contributed by atoms with van der Waals surface area (Å²) in [5.74, 6) is -0.257. The third kappa shape index (κ3) is 3.63. The van der Waals surface area contributed by atoms with Gasteiger partial charge in [-0.2, -0.15) is 12.6 Å². The number of methoxy groups -OCH3 is 1. The van der Waals surface area contributed by atoms with Gasteiger partial charge in [0.1, 0.15) is 11.6 Å². The maximum atomic E-state index is 13.4. The second-order valence-corrected chi connectivity index (χ2v) is 4.58. The van der Waals surface area contributed by atoms with E-state index in [0.29, 0.717) is 5.75 Å². The Balaban J connectivity index is 2.84. The molecule has 1 aromatic rings. The van der Waals surface area contributed by atoms with Crippen LogP contribution >= 0.6 is 12.6 Å². The lowest BCUT2D eigenvalue weighted by atomic mass is 10.1. The van der Waals surface area contributed by atoms with Crippen molar-refractivity contribution in [2.24, 2.45) is 5.92 Å². The van der Waals surface area contributed by atoms with Crippen LogP contribution in [0.1, 0.15) is 13.8 Å². The number of anilines is 1. The van der Waals surface area contributed by atoms with Crippen molar-refractivity contribution >= 4 is 24.2 Å². The molecule has 94 valence electrons. The van der Waals surface area contributed by atoms with Gasteiger partial charge < -0.3 is 10.1 Å². The van der Waals surface area contributed by atoms with Gasteiger partial charge in [-0.25, -0.2) is 4.39 Å². The molecule has 0 aliphatic heterocycles. The number of thiol groups is 1. The SMILES string of the molecule is COc1ccc(F)c(NC(=O)C(S)C(C)C)c1. The lowest BCUT2D eigenvalue weighted by molar-refractivity contribution is -0.116. The Morgan fingerprint density at radius 3 is 2.65 bits per heavy atom. The van der Waals surface area contributed by atoms with E-state index in [1.807, 2.05) is 13.8 Å². The molecule has 0 heterocycles. The van der Waals surface area contributed by atoms with Crippen molar-refractivity contribution in [2.75, 3.05) is 12.4 Å². The molecule has 0 saturated heterocycles. The van der Waals surface area contributed by atoms with Crippen LogP contribution in [0.2, 0.25) is 0 Å². The molecule has 1 aromatic carbocycles. The molecule has 0 spiro atoms. The summed E-state index contributed by atoms with van der Waals surface area (Å²) >= 11 is 4.17. The number of hydrogen-bond donors (Lipinski definition) is 2. The zero-order valence-electron chi connectivity index (χ0n) is 10.0. The summed E-state index contributed by atoms with van der Waals surface area (Å²) in [4.78, 5) is 11.7. The van der Waals surface area contributed by atoms with Crippen molar-refractivity contribution in [2.45, 2.75) is 19.1 Å². The molecule has 0 aliphatic rings. The van der Waals surface area contributed by atoms with Gasteiger partial charge in [-0.05, 0) is 18.1 Å². The molecule has 17 heavy (non-hydrogen) atoms. The van der Waals surface area contributed by atoms with Gasteiger partial charge in [-0.3, -0.25) is 4.79 Å². The minimum absolute atomic E-state index is 0.0759. The fraction of sp³-hybridized carbons (Fsp3) is 0.417. The van der Waals surface area contributed by atoms with Crippen LogP contribution in [-0.2, 0) is 4.79 Å². The van der Waals surface area contributed by atoms with Gasteiger partial charge in [-0.15, -0.1) is 0 Å². The molecule has 5 heteroatoms. The van der Waals surface area contributed by atoms with Crippen LogP contribution in [-0.4, -0.2) is 18.3 Å². The van der Waals surface area contributed by atoms with E-state index in [0.717, 1.165) is 0 Å². The van der Waals surface area contributed by atoms with Gasteiger partial charge in [0.25, 0.3) is 0 Å². The van der Waals surface area contributed by atoms with E-state index < -0.39 is 11.1 Å². The molecule has 0 saturated carbocycles. The van der Waals surface area contributed by atoms with Gasteiger partial charge >= 0.3 is 0 Å². The van der Waals surface area contributed by atoms with Crippen molar-refractivity contribution in [3.8, 4) is 5.75 Å². The Morgan fingerprint density at radius 1 is 1.47 bits per heavy atom. The van der Waals surface area contributed by atoms with Gasteiger partial charge in [0.2, 0.25) is 5.91 Å². The highest BCUT2D eigenvalue weighted by molar-refractivity contribution is 7.81. The number of nitrogens with one attached hydrogen (secondary N) is 1. The van der Waals surface area contributed by atoms with Crippen molar-refractivity contribution in [3.05, 3.63) is 24.0 Å². The monoisotopic (exact) mass is 257 g/mol. The molecule has 1 unspecified atom stereocenters. The Hall–Kier alpha value is -1.23. The topological polar surface area (TPSA) is 38.3 Å². The standard InChI is InChI=1S/C12H16FNO2S/c1-7(2)11(17)12(15)14-10-6-8(16-3)4-5-9(10)13/h4-7,11,17H,1-3H3,(H,14,15). The Bertz CT molecular complexity index is 409. The van der Waals surface area contributed by atoms with E-state index in [-0.39, 0.29) is 17.5 Å². The normalized spacial score (nSPS) is 12.4. The number of carbonyl (C=O) groups is 1. The Kier molecular flexibility index (Phi) is 4.81. The van der Waals surface area contributed by atoms with Gasteiger partial charge in [0, 0.05) is 6.07 Å². The minimum atomic E-state index is -0.497. The highest BCUT2D eigenvalue weighted by atomic mass is 32.1. The van der Waals surface area contributed by atoms with E-state index in [1.54, 1.807) is 0 Å². The van der Waals surface area contributed by atoms with Crippen LogP contribution in [0.15, 0.2) is 18.2 Å². The quantitative estimate of drug-likeness (QED) is 0.814. The molecule has 0 radical (unpaired) electrons. The lowest BCUT2D eigenvalue weighted by Gasteiger charge is -2.15. The predicted molar refractivity (Wildman–Crippen MR) is 69.2 cm³/mol. The largest absolute Gasteiger partial charge is 0.497 e. The van der Waals surface area contributed by atoms with Crippen molar-refractivity contribution in [1.29, 1.82) is 0 Å². The highest BCUT2D eigenvalue weighted by Crippen LogP contribution is 2.22.